The second kappa shape index (κ2) is 5.69. The molecule has 0 amide bonds. The van der Waals surface area contributed by atoms with E-state index >= 15 is 0 Å². The van der Waals surface area contributed by atoms with Gasteiger partial charge >= 0.3 is 5.56 Å². The first-order valence-corrected chi connectivity index (χ1v) is 8.85. The van der Waals surface area contributed by atoms with Crippen LogP contribution in [0.3, 0.4) is 0 Å². The molecule has 0 aliphatic heterocycles. The molecule has 0 saturated heterocycles. The fourth-order valence-electron chi connectivity index (χ4n) is 2.42. The molecule has 1 aromatic carbocycles. The minimum atomic E-state index is -0.181. The highest BCUT2D eigenvalue weighted by atomic mass is 35.5. The highest BCUT2D eigenvalue weighted by Crippen LogP contribution is 2.34. The van der Waals surface area contributed by atoms with Crippen molar-refractivity contribution >= 4 is 29.0 Å². The second-order valence-electron chi connectivity index (χ2n) is 5.84. The van der Waals surface area contributed by atoms with Gasteiger partial charge in [0.15, 0.2) is 5.16 Å². The number of hydrogen-bond acceptors (Lipinski definition) is 4. The zero-order chi connectivity index (χ0) is 16.0. The summed E-state index contributed by atoms with van der Waals surface area (Å²) in [5.74, 6) is 1.84. The molecule has 118 valence electrons. The Labute approximate surface area is 142 Å². The van der Waals surface area contributed by atoms with Gasteiger partial charge in [-0.25, -0.2) is 0 Å². The van der Waals surface area contributed by atoms with Crippen LogP contribution in [0.1, 0.15) is 18.4 Å². The Morgan fingerprint density at radius 3 is 2.87 bits per heavy atom. The van der Waals surface area contributed by atoms with Crippen LogP contribution in [-0.2, 0) is 0 Å². The van der Waals surface area contributed by atoms with E-state index in [1.54, 1.807) is 33.0 Å². The van der Waals surface area contributed by atoms with Crippen LogP contribution in [0, 0.1) is 12.8 Å². The molecule has 23 heavy (non-hydrogen) atoms. The van der Waals surface area contributed by atoms with Gasteiger partial charge in [0.25, 0.3) is 0 Å². The number of rotatable bonds is 4. The molecular weight excluding hydrogens is 332 g/mol. The molecule has 3 aromatic rings. The summed E-state index contributed by atoms with van der Waals surface area (Å²) in [5.41, 5.74) is 1.87. The third kappa shape index (κ3) is 2.77. The Kier molecular flexibility index (Phi) is 3.66. The molecule has 7 heteroatoms. The summed E-state index contributed by atoms with van der Waals surface area (Å²) in [6, 6.07) is 5.51. The van der Waals surface area contributed by atoms with Crippen molar-refractivity contribution in [3.63, 3.8) is 0 Å². The molecule has 0 unspecified atom stereocenters. The van der Waals surface area contributed by atoms with Crippen LogP contribution in [0.5, 0.6) is 0 Å². The Hall–Kier alpha value is -1.79. The van der Waals surface area contributed by atoms with E-state index in [4.69, 9.17) is 11.6 Å². The van der Waals surface area contributed by atoms with Crippen molar-refractivity contribution in [3.8, 4) is 5.69 Å². The Morgan fingerprint density at radius 1 is 1.30 bits per heavy atom. The number of hydrogen-bond donors (Lipinski definition) is 0. The number of benzene rings is 1. The SMILES string of the molecule is Cc1cc(-n2ccn3c(SCC4CC4)nnc3c2=O)ccc1Cl. The molecule has 1 fully saturated rings. The summed E-state index contributed by atoms with van der Waals surface area (Å²) in [6.45, 7) is 1.92. The van der Waals surface area contributed by atoms with Crippen molar-refractivity contribution in [2.75, 3.05) is 5.75 Å². The number of nitrogens with zero attached hydrogens (tertiary/aromatic N) is 4. The minimum Gasteiger partial charge on any atom is -0.280 e. The Morgan fingerprint density at radius 2 is 2.13 bits per heavy atom. The van der Waals surface area contributed by atoms with Crippen LogP contribution in [0.25, 0.3) is 11.3 Å². The van der Waals surface area contributed by atoms with E-state index in [0.29, 0.717) is 10.7 Å². The van der Waals surface area contributed by atoms with E-state index in [1.165, 1.54) is 12.8 Å². The number of aryl methyl sites for hydroxylation is 1. The maximum absolute atomic E-state index is 12.7. The first-order chi connectivity index (χ1) is 11.1. The number of fused-ring (bicyclic) bond motifs is 1. The molecule has 0 spiro atoms. The molecule has 0 N–H and O–H groups in total. The average Bonchev–Trinajstić information content (AvgIpc) is 3.28. The lowest BCUT2D eigenvalue weighted by atomic mass is 10.2. The summed E-state index contributed by atoms with van der Waals surface area (Å²) in [6.07, 6.45) is 6.19. The van der Waals surface area contributed by atoms with Gasteiger partial charge in [-0.1, -0.05) is 23.4 Å². The smallest absolute Gasteiger partial charge is 0.280 e. The number of aromatic nitrogens is 4. The molecule has 5 nitrogen and oxygen atoms in total. The highest BCUT2D eigenvalue weighted by Gasteiger charge is 2.22. The summed E-state index contributed by atoms with van der Waals surface area (Å²) >= 11 is 7.72. The molecule has 0 radical (unpaired) electrons. The average molecular weight is 347 g/mol. The van der Waals surface area contributed by atoms with Gasteiger partial charge in [-0.05, 0) is 49.4 Å². The van der Waals surface area contributed by atoms with Gasteiger partial charge in [0.1, 0.15) is 0 Å². The van der Waals surface area contributed by atoms with Gasteiger partial charge in [-0.3, -0.25) is 13.8 Å². The normalized spacial score (nSPS) is 14.5. The van der Waals surface area contributed by atoms with E-state index in [0.717, 1.165) is 28.1 Å². The fourth-order valence-corrected chi connectivity index (χ4v) is 3.64. The Bertz CT molecular complexity index is 945. The lowest BCUT2D eigenvalue weighted by Crippen LogP contribution is -2.20. The van der Waals surface area contributed by atoms with Crippen LogP contribution in [-0.4, -0.2) is 24.9 Å². The summed E-state index contributed by atoms with van der Waals surface area (Å²) < 4.78 is 3.34. The summed E-state index contributed by atoms with van der Waals surface area (Å²) in [4.78, 5) is 12.7. The molecule has 1 aliphatic carbocycles. The second-order valence-corrected chi connectivity index (χ2v) is 7.23. The molecule has 1 aliphatic rings. The van der Waals surface area contributed by atoms with Gasteiger partial charge in [-0.2, -0.15) is 0 Å². The number of halogens is 1. The quantitative estimate of drug-likeness (QED) is 0.680. The van der Waals surface area contributed by atoms with Crippen LogP contribution in [0.15, 0.2) is 40.5 Å². The predicted octanol–water partition coefficient (Wildman–Crippen LogP) is 3.34. The predicted molar refractivity (Wildman–Crippen MR) is 91.8 cm³/mol. The van der Waals surface area contributed by atoms with Crippen LogP contribution < -0.4 is 5.56 Å². The molecule has 4 rings (SSSR count). The monoisotopic (exact) mass is 346 g/mol. The third-order valence-corrected chi connectivity index (χ3v) is 5.60. The molecule has 1 saturated carbocycles. The van der Waals surface area contributed by atoms with Crippen molar-refractivity contribution < 1.29 is 0 Å². The van der Waals surface area contributed by atoms with Gasteiger partial charge in [-0.15, -0.1) is 10.2 Å². The fraction of sp³-hybridized carbons (Fsp3) is 0.312. The third-order valence-electron chi connectivity index (χ3n) is 4.00. The molecule has 0 atom stereocenters. The van der Waals surface area contributed by atoms with Crippen LogP contribution in [0.4, 0.5) is 0 Å². The summed E-state index contributed by atoms with van der Waals surface area (Å²) in [7, 11) is 0. The molecule has 2 heterocycles. The van der Waals surface area contributed by atoms with Gasteiger partial charge < -0.3 is 0 Å². The first-order valence-electron chi connectivity index (χ1n) is 7.49. The van der Waals surface area contributed by atoms with Gasteiger partial charge in [0.2, 0.25) is 5.65 Å². The highest BCUT2D eigenvalue weighted by molar-refractivity contribution is 7.99. The van der Waals surface area contributed by atoms with Crippen molar-refractivity contribution in [1.29, 1.82) is 0 Å². The van der Waals surface area contributed by atoms with Crippen LogP contribution in [0.2, 0.25) is 5.02 Å². The van der Waals surface area contributed by atoms with E-state index < -0.39 is 0 Å². The van der Waals surface area contributed by atoms with E-state index in [2.05, 4.69) is 10.2 Å². The zero-order valence-electron chi connectivity index (χ0n) is 12.6. The first kappa shape index (κ1) is 14.8. The van der Waals surface area contributed by atoms with Crippen molar-refractivity contribution in [3.05, 3.63) is 51.5 Å². The Balaban J connectivity index is 1.75. The maximum Gasteiger partial charge on any atom is 0.300 e. The summed E-state index contributed by atoms with van der Waals surface area (Å²) in [5, 5.41) is 9.70. The van der Waals surface area contributed by atoms with Gasteiger partial charge in [0.05, 0.1) is 0 Å². The zero-order valence-corrected chi connectivity index (χ0v) is 14.1. The van der Waals surface area contributed by atoms with Crippen molar-refractivity contribution in [1.82, 2.24) is 19.2 Å². The minimum absolute atomic E-state index is 0.181. The lowest BCUT2D eigenvalue weighted by molar-refractivity contribution is 0.887. The van der Waals surface area contributed by atoms with E-state index in [1.807, 2.05) is 25.3 Å². The maximum atomic E-state index is 12.7. The van der Waals surface area contributed by atoms with Crippen molar-refractivity contribution in [2.45, 2.75) is 24.9 Å². The largest absolute Gasteiger partial charge is 0.300 e. The topological polar surface area (TPSA) is 52.2 Å². The van der Waals surface area contributed by atoms with Crippen molar-refractivity contribution in [2.24, 2.45) is 5.92 Å². The van der Waals surface area contributed by atoms with E-state index in [9.17, 15) is 4.79 Å². The van der Waals surface area contributed by atoms with Gasteiger partial charge in [0, 0.05) is 28.9 Å². The molecular formula is C16H15ClN4OS. The number of thioether (sulfide) groups is 1. The lowest BCUT2D eigenvalue weighted by Gasteiger charge is -2.08. The van der Waals surface area contributed by atoms with Crippen LogP contribution >= 0.6 is 23.4 Å². The molecule has 0 bridgehead atoms. The standard InChI is InChI=1S/C16H15ClN4OS/c1-10-8-12(4-5-13(10)17)20-6-7-21-14(15(20)22)18-19-16(21)23-9-11-2-3-11/h4-8,11H,2-3,9H2,1H3. The van der Waals surface area contributed by atoms with E-state index in [-0.39, 0.29) is 5.56 Å². The molecule has 2 aromatic heterocycles.